The number of carbonyl (C=O) groups excluding carboxylic acids is 1. The van der Waals surface area contributed by atoms with Crippen LogP contribution in [0.25, 0.3) is 0 Å². The van der Waals surface area contributed by atoms with Crippen molar-refractivity contribution >= 4 is 5.91 Å². The molecule has 1 heterocycles. The van der Waals surface area contributed by atoms with Crippen LogP contribution in [0.3, 0.4) is 0 Å². The first-order valence-electron chi connectivity index (χ1n) is 7.85. The van der Waals surface area contributed by atoms with Crippen LogP contribution in [0, 0.1) is 5.92 Å². The van der Waals surface area contributed by atoms with E-state index in [-0.39, 0.29) is 11.9 Å². The summed E-state index contributed by atoms with van der Waals surface area (Å²) in [5.74, 6) is 0.389. The first-order chi connectivity index (χ1) is 10.8. The fraction of sp³-hybridized carbons (Fsp3) is 0.412. The molecule has 1 aromatic heterocycles. The van der Waals surface area contributed by atoms with Crippen LogP contribution in [-0.2, 0) is 13.0 Å². The predicted molar refractivity (Wildman–Crippen MR) is 85.2 cm³/mol. The highest BCUT2D eigenvalue weighted by Gasteiger charge is 2.29. The summed E-state index contributed by atoms with van der Waals surface area (Å²) in [6, 6.07) is 12.4. The Labute approximate surface area is 130 Å². The van der Waals surface area contributed by atoms with Gasteiger partial charge in [0.25, 0.3) is 5.91 Å². The zero-order valence-electron chi connectivity index (χ0n) is 12.6. The van der Waals surface area contributed by atoms with Crippen molar-refractivity contribution in [2.75, 3.05) is 0 Å². The molecule has 2 aromatic rings. The molecule has 1 aromatic carbocycles. The predicted octanol–water partition coefficient (Wildman–Crippen LogP) is 2.01. The van der Waals surface area contributed by atoms with Gasteiger partial charge in [0.05, 0.1) is 0 Å². The molecule has 1 aliphatic rings. The number of amides is 1. The second kappa shape index (κ2) is 6.75. The monoisotopic (exact) mass is 298 g/mol. The average Bonchev–Trinajstić information content (AvgIpc) is 3.18. The lowest BCUT2D eigenvalue weighted by Crippen LogP contribution is -2.38. The third-order valence-electron chi connectivity index (χ3n) is 4.40. The van der Waals surface area contributed by atoms with Gasteiger partial charge >= 0.3 is 0 Å². The standard InChI is InChI=1S/C17H22N4O/c18-11-14-10-16(21-20-14)17(22)19-15-8-4-7-13(15)9-12-5-2-1-3-6-12/h1-3,5-6,10,13,15H,4,7-9,11,18H2,(H,19,22)(H,20,21). The second-order valence-electron chi connectivity index (χ2n) is 5.94. The fourth-order valence-electron chi connectivity index (χ4n) is 3.21. The van der Waals surface area contributed by atoms with Gasteiger partial charge in [-0.25, -0.2) is 0 Å². The molecule has 116 valence electrons. The van der Waals surface area contributed by atoms with Gasteiger partial charge in [-0.2, -0.15) is 5.10 Å². The first-order valence-corrected chi connectivity index (χ1v) is 7.85. The van der Waals surface area contributed by atoms with Gasteiger partial charge in [-0.3, -0.25) is 9.89 Å². The third kappa shape index (κ3) is 3.36. The molecule has 1 aliphatic carbocycles. The van der Waals surface area contributed by atoms with Crippen molar-refractivity contribution in [2.24, 2.45) is 11.7 Å². The maximum Gasteiger partial charge on any atom is 0.272 e. The molecule has 2 unspecified atom stereocenters. The number of carbonyl (C=O) groups is 1. The van der Waals surface area contributed by atoms with E-state index in [9.17, 15) is 4.79 Å². The molecule has 0 saturated heterocycles. The van der Waals surface area contributed by atoms with E-state index >= 15 is 0 Å². The minimum Gasteiger partial charge on any atom is -0.348 e. The number of rotatable bonds is 5. The quantitative estimate of drug-likeness (QED) is 0.789. The summed E-state index contributed by atoms with van der Waals surface area (Å²) in [5.41, 5.74) is 8.06. The van der Waals surface area contributed by atoms with E-state index in [0.717, 1.165) is 31.4 Å². The molecule has 3 rings (SSSR count). The van der Waals surface area contributed by atoms with E-state index in [1.807, 2.05) is 6.07 Å². The summed E-state index contributed by atoms with van der Waals surface area (Å²) in [6.07, 6.45) is 4.38. The molecule has 1 amide bonds. The van der Waals surface area contributed by atoms with Crippen molar-refractivity contribution in [1.29, 1.82) is 0 Å². The summed E-state index contributed by atoms with van der Waals surface area (Å²) in [4.78, 5) is 12.3. The average molecular weight is 298 g/mol. The lowest BCUT2D eigenvalue weighted by Gasteiger charge is -2.20. The Balaban J connectivity index is 1.62. The number of H-pyrrole nitrogens is 1. The van der Waals surface area contributed by atoms with E-state index in [0.29, 0.717) is 18.2 Å². The number of hydrogen-bond acceptors (Lipinski definition) is 3. The smallest absolute Gasteiger partial charge is 0.272 e. The van der Waals surface area contributed by atoms with Crippen LogP contribution in [0.4, 0.5) is 0 Å². The number of nitrogens with two attached hydrogens (primary N) is 1. The minimum atomic E-state index is -0.110. The molecular weight excluding hydrogens is 276 g/mol. The number of aromatic nitrogens is 2. The number of hydrogen-bond donors (Lipinski definition) is 3. The maximum atomic E-state index is 12.3. The van der Waals surface area contributed by atoms with Gasteiger partial charge in [0.1, 0.15) is 5.69 Å². The molecule has 1 fully saturated rings. The van der Waals surface area contributed by atoms with Crippen molar-refractivity contribution in [3.05, 3.63) is 53.3 Å². The van der Waals surface area contributed by atoms with Gasteiger partial charge in [0.2, 0.25) is 0 Å². The Kier molecular flexibility index (Phi) is 4.53. The van der Waals surface area contributed by atoms with Crippen LogP contribution >= 0.6 is 0 Å². The van der Waals surface area contributed by atoms with Crippen molar-refractivity contribution in [1.82, 2.24) is 15.5 Å². The second-order valence-corrected chi connectivity index (χ2v) is 5.94. The van der Waals surface area contributed by atoms with Crippen LogP contribution < -0.4 is 11.1 Å². The molecule has 0 aliphatic heterocycles. The molecular formula is C17H22N4O. The van der Waals surface area contributed by atoms with E-state index in [2.05, 4.69) is 39.8 Å². The van der Waals surface area contributed by atoms with Gasteiger partial charge in [-0.1, -0.05) is 36.8 Å². The normalized spacial score (nSPS) is 21.0. The summed E-state index contributed by atoms with van der Waals surface area (Å²) < 4.78 is 0. The molecule has 4 N–H and O–H groups in total. The highest BCUT2D eigenvalue weighted by Crippen LogP contribution is 2.29. The molecule has 5 nitrogen and oxygen atoms in total. The van der Waals surface area contributed by atoms with Crippen LogP contribution in [0.15, 0.2) is 36.4 Å². The van der Waals surface area contributed by atoms with Gasteiger partial charge in [0.15, 0.2) is 0 Å². The van der Waals surface area contributed by atoms with Crippen molar-refractivity contribution < 1.29 is 4.79 Å². The van der Waals surface area contributed by atoms with Crippen molar-refractivity contribution in [3.8, 4) is 0 Å². The van der Waals surface area contributed by atoms with Gasteiger partial charge in [-0.15, -0.1) is 0 Å². The molecule has 0 spiro atoms. The van der Waals surface area contributed by atoms with Gasteiger partial charge in [0, 0.05) is 18.3 Å². The van der Waals surface area contributed by atoms with Gasteiger partial charge < -0.3 is 11.1 Å². The van der Waals surface area contributed by atoms with Crippen LogP contribution in [-0.4, -0.2) is 22.1 Å². The zero-order valence-corrected chi connectivity index (χ0v) is 12.6. The number of benzene rings is 1. The van der Waals surface area contributed by atoms with Crippen molar-refractivity contribution in [2.45, 2.75) is 38.3 Å². The Morgan fingerprint density at radius 1 is 1.32 bits per heavy atom. The maximum absolute atomic E-state index is 12.3. The SMILES string of the molecule is NCc1cc(C(=O)NC2CCCC2Cc2ccccc2)n[nH]1. The van der Waals surface area contributed by atoms with Gasteiger partial charge in [-0.05, 0) is 36.8 Å². The van der Waals surface area contributed by atoms with E-state index < -0.39 is 0 Å². The van der Waals surface area contributed by atoms with Crippen LogP contribution in [0.5, 0.6) is 0 Å². The molecule has 0 bridgehead atoms. The third-order valence-corrected chi connectivity index (χ3v) is 4.40. The van der Waals surface area contributed by atoms with Crippen molar-refractivity contribution in [3.63, 3.8) is 0 Å². The summed E-state index contributed by atoms with van der Waals surface area (Å²) in [5, 5.41) is 9.94. The Hall–Kier alpha value is -2.14. The highest BCUT2D eigenvalue weighted by molar-refractivity contribution is 5.92. The lowest BCUT2D eigenvalue weighted by molar-refractivity contribution is 0.0922. The van der Waals surface area contributed by atoms with E-state index in [1.165, 1.54) is 5.56 Å². The summed E-state index contributed by atoms with van der Waals surface area (Å²) in [7, 11) is 0. The Morgan fingerprint density at radius 2 is 2.14 bits per heavy atom. The number of nitrogens with zero attached hydrogens (tertiary/aromatic N) is 1. The number of aromatic amines is 1. The van der Waals surface area contributed by atoms with E-state index in [1.54, 1.807) is 6.07 Å². The first kappa shape index (κ1) is 14.8. The Morgan fingerprint density at radius 3 is 2.86 bits per heavy atom. The largest absolute Gasteiger partial charge is 0.348 e. The topological polar surface area (TPSA) is 83.8 Å². The minimum absolute atomic E-state index is 0.110. The molecule has 0 radical (unpaired) electrons. The lowest BCUT2D eigenvalue weighted by atomic mass is 9.94. The summed E-state index contributed by atoms with van der Waals surface area (Å²) >= 11 is 0. The molecule has 2 atom stereocenters. The zero-order chi connectivity index (χ0) is 15.4. The molecule has 22 heavy (non-hydrogen) atoms. The number of nitrogens with one attached hydrogen (secondary N) is 2. The summed E-state index contributed by atoms with van der Waals surface area (Å²) in [6.45, 7) is 0.361. The Bertz CT molecular complexity index is 623. The van der Waals surface area contributed by atoms with E-state index in [4.69, 9.17) is 5.73 Å². The highest BCUT2D eigenvalue weighted by atomic mass is 16.2. The molecule has 1 saturated carbocycles. The van der Waals surface area contributed by atoms with Crippen LogP contribution in [0.1, 0.15) is 41.0 Å². The van der Waals surface area contributed by atoms with Crippen LogP contribution in [0.2, 0.25) is 0 Å². The molecule has 5 heteroatoms. The fourth-order valence-corrected chi connectivity index (χ4v) is 3.21.